The first-order valence-electron chi connectivity index (χ1n) is 10.8. The average Bonchev–Trinajstić information content (AvgIpc) is 2.98. The van der Waals surface area contributed by atoms with Crippen LogP contribution in [0.4, 0.5) is 0 Å². The lowest BCUT2D eigenvalue weighted by Gasteiger charge is -2.59. The van der Waals surface area contributed by atoms with Crippen molar-refractivity contribution in [3.63, 3.8) is 0 Å². The second kappa shape index (κ2) is 7.08. The van der Waals surface area contributed by atoms with Gasteiger partial charge < -0.3 is 9.88 Å². The van der Waals surface area contributed by atoms with Gasteiger partial charge in [0, 0.05) is 6.04 Å². The average molecular weight is 398 g/mol. The summed E-state index contributed by atoms with van der Waals surface area (Å²) in [4.78, 5) is 17.8. The fourth-order valence-corrected chi connectivity index (χ4v) is 7.31. The minimum Gasteiger partial charge on any atom is -0.352 e. The van der Waals surface area contributed by atoms with Crippen molar-refractivity contribution in [3.05, 3.63) is 30.1 Å². The number of nitrogens with one attached hydrogen (secondary N) is 1. The smallest absolute Gasteiger partial charge is 0.240 e. The predicted octanol–water partition coefficient (Wildman–Crippen LogP) is 4.62. The van der Waals surface area contributed by atoms with Crippen molar-refractivity contribution in [2.24, 2.45) is 23.2 Å². The molecule has 1 aromatic heterocycles. The minimum atomic E-state index is 0.133. The van der Waals surface area contributed by atoms with Crippen LogP contribution < -0.4 is 5.32 Å². The number of hydrogen-bond acceptors (Lipinski definition) is 3. The molecule has 4 saturated carbocycles. The summed E-state index contributed by atoms with van der Waals surface area (Å²) in [7, 11) is 0. The van der Waals surface area contributed by atoms with Crippen molar-refractivity contribution in [2.45, 2.75) is 63.8 Å². The number of rotatable bonds is 6. The van der Waals surface area contributed by atoms with E-state index >= 15 is 0 Å². The van der Waals surface area contributed by atoms with Gasteiger partial charge in [0.1, 0.15) is 12.4 Å². The minimum absolute atomic E-state index is 0.133. The Morgan fingerprint density at radius 3 is 2.50 bits per heavy atom. The lowest BCUT2D eigenvalue weighted by atomic mass is 9.48. The molecule has 1 aromatic carbocycles. The van der Waals surface area contributed by atoms with Gasteiger partial charge in [0.2, 0.25) is 5.91 Å². The second-order valence-corrected chi connectivity index (χ2v) is 10.5. The Hall–Kier alpha value is -1.49. The maximum atomic E-state index is 13.0. The number of carbonyl (C=O) groups excluding carboxylic acids is 1. The monoisotopic (exact) mass is 397 g/mol. The van der Waals surface area contributed by atoms with Gasteiger partial charge in [0.05, 0.1) is 16.8 Å². The molecular weight excluding hydrogens is 366 g/mol. The zero-order valence-electron chi connectivity index (χ0n) is 17.0. The van der Waals surface area contributed by atoms with E-state index in [1.807, 2.05) is 18.2 Å². The summed E-state index contributed by atoms with van der Waals surface area (Å²) in [6.07, 6.45) is 10.4. The van der Waals surface area contributed by atoms with Gasteiger partial charge in [0.15, 0.2) is 0 Å². The molecule has 1 atom stereocenters. The van der Waals surface area contributed by atoms with Crippen LogP contribution in [0.3, 0.4) is 0 Å². The largest absolute Gasteiger partial charge is 0.352 e. The van der Waals surface area contributed by atoms with Gasteiger partial charge in [-0.25, -0.2) is 4.98 Å². The van der Waals surface area contributed by atoms with Crippen molar-refractivity contribution in [1.29, 1.82) is 0 Å². The van der Waals surface area contributed by atoms with Gasteiger partial charge >= 0.3 is 0 Å². The highest BCUT2D eigenvalue weighted by molar-refractivity contribution is 7.97. The van der Waals surface area contributed by atoms with Crippen LogP contribution in [-0.2, 0) is 17.1 Å². The summed E-state index contributed by atoms with van der Waals surface area (Å²) in [5.74, 6) is 4.69. The number of benzene rings is 1. The normalized spacial score (nSPS) is 32.0. The van der Waals surface area contributed by atoms with Crippen molar-refractivity contribution in [1.82, 2.24) is 14.9 Å². The van der Waals surface area contributed by atoms with Crippen molar-refractivity contribution in [3.8, 4) is 0 Å². The number of nitrogens with zero attached hydrogens (tertiary/aromatic N) is 2. The number of fused-ring (bicyclic) bond motifs is 1. The van der Waals surface area contributed by atoms with Crippen molar-refractivity contribution < 1.29 is 4.79 Å². The Bertz CT molecular complexity index is 854. The first-order valence-corrected chi connectivity index (χ1v) is 12.2. The second-order valence-electron chi connectivity index (χ2n) is 9.61. The van der Waals surface area contributed by atoms with Crippen LogP contribution in [0.2, 0.25) is 0 Å². The lowest BCUT2D eigenvalue weighted by molar-refractivity contribution is -0.126. The van der Waals surface area contributed by atoms with E-state index in [9.17, 15) is 4.79 Å². The van der Waals surface area contributed by atoms with E-state index in [0.29, 0.717) is 12.0 Å². The fraction of sp³-hybridized carbons (Fsp3) is 0.652. The number of aromatic nitrogens is 2. The number of thioether (sulfide) groups is 1. The van der Waals surface area contributed by atoms with Crippen LogP contribution in [0.25, 0.3) is 11.0 Å². The molecule has 0 saturated heterocycles. The van der Waals surface area contributed by atoms with E-state index in [2.05, 4.69) is 29.1 Å². The van der Waals surface area contributed by atoms with Crippen LogP contribution in [0.5, 0.6) is 0 Å². The predicted molar refractivity (Wildman–Crippen MR) is 115 cm³/mol. The third kappa shape index (κ3) is 3.16. The van der Waals surface area contributed by atoms with Crippen molar-refractivity contribution >= 4 is 28.7 Å². The fourth-order valence-electron chi connectivity index (χ4n) is 6.83. The summed E-state index contributed by atoms with van der Waals surface area (Å²) in [6.45, 7) is 2.63. The van der Waals surface area contributed by atoms with Crippen LogP contribution in [0.1, 0.15) is 51.3 Å². The van der Waals surface area contributed by atoms with Gasteiger partial charge in [0.25, 0.3) is 0 Å². The van der Waals surface area contributed by atoms with E-state index in [1.165, 1.54) is 38.5 Å². The molecular formula is C23H31N3OS. The van der Waals surface area contributed by atoms with Gasteiger partial charge in [-0.05, 0) is 87.0 Å². The molecule has 4 bridgehead atoms. The Balaban J connectivity index is 1.33. The van der Waals surface area contributed by atoms with E-state index in [1.54, 1.807) is 11.8 Å². The number of para-hydroxylation sites is 2. The highest BCUT2D eigenvalue weighted by atomic mass is 32.2. The number of amides is 1. The zero-order chi connectivity index (χ0) is 19.3. The maximum absolute atomic E-state index is 13.0. The first kappa shape index (κ1) is 18.5. The molecule has 4 aliphatic carbocycles. The summed E-state index contributed by atoms with van der Waals surface area (Å²) >= 11 is 1.75. The number of imidazole rings is 1. The molecule has 4 aliphatic rings. The van der Waals surface area contributed by atoms with Crippen LogP contribution in [0, 0.1) is 23.2 Å². The van der Waals surface area contributed by atoms with Crippen LogP contribution in [-0.4, -0.2) is 27.8 Å². The summed E-state index contributed by atoms with van der Waals surface area (Å²) in [6, 6.07) is 8.41. The number of carbonyl (C=O) groups is 1. The first-order chi connectivity index (χ1) is 13.6. The molecule has 4 fully saturated rings. The molecule has 6 rings (SSSR count). The van der Waals surface area contributed by atoms with Crippen LogP contribution >= 0.6 is 11.8 Å². The van der Waals surface area contributed by atoms with Crippen LogP contribution in [0.15, 0.2) is 24.3 Å². The molecule has 4 nitrogen and oxygen atoms in total. The SMILES string of the molecule is CSCc1nc2ccccc2n1CC(=O)NC(C)C12CC3CC(CC(C3)C1)C2. The van der Waals surface area contributed by atoms with E-state index in [4.69, 9.17) is 4.98 Å². The molecule has 150 valence electrons. The standard InChI is InChI=1S/C23H31N3OS/c1-15(23-10-16-7-17(11-23)9-18(8-16)12-23)24-22(27)13-26-20-6-4-3-5-19(20)25-21(26)14-28-2/h3-6,15-18H,7-14H2,1-2H3,(H,24,27). The molecule has 1 unspecified atom stereocenters. The molecule has 1 amide bonds. The van der Waals surface area contributed by atoms with Crippen molar-refractivity contribution in [2.75, 3.05) is 6.26 Å². The third-order valence-electron chi connectivity index (χ3n) is 7.69. The van der Waals surface area contributed by atoms with E-state index < -0.39 is 0 Å². The quantitative estimate of drug-likeness (QED) is 0.774. The topological polar surface area (TPSA) is 46.9 Å². The Morgan fingerprint density at radius 1 is 1.21 bits per heavy atom. The highest BCUT2D eigenvalue weighted by Crippen LogP contribution is 2.61. The Morgan fingerprint density at radius 2 is 1.86 bits per heavy atom. The molecule has 1 N–H and O–H groups in total. The highest BCUT2D eigenvalue weighted by Gasteiger charge is 2.53. The molecule has 0 aliphatic heterocycles. The maximum Gasteiger partial charge on any atom is 0.240 e. The summed E-state index contributed by atoms with van der Waals surface area (Å²) < 4.78 is 2.10. The molecule has 0 spiro atoms. The van der Waals surface area contributed by atoms with Gasteiger partial charge in [-0.3, -0.25) is 4.79 Å². The molecule has 1 heterocycles. The van der Waals surface area contributed by atoms with E-state index in [0.717, 1.165) is 40.4 Å². The Kier molecular flexibility index (Phi) is 4.69. The molecule has 0 radical (unpaired) electrons. The summed E-state index contributed by atoms with van der Waals surface area (Å²) in [5, 5.41) is 3.41. The van der Waals surface area contributed by atoms with Gasteiger partial charge in [-0.2, -0.15) is 11.8 Å². The van der Waals surface area contributed by atoms with E-state index in [-0.39, 0.29) is 11.9 Å². The molecule has 2 aromatic rings. The lowest BCUT2D eigenvalue weighted by Crippen LogP contribution is -2.56. The van der Waals surface area contributed by atoms with Gasteiger partial charge in [-0.1, -0.05) is 12.1 Å². The molecule has 5 heteroatoms. The third-order valence-corrected chi connectivity index (χ3v) is 8.24. The number of hydrogen-bond donors (Lipinski definition) is 1. The Labute approximate surface area is 171 Å². The van der Waals surface area contributed by atoms with Gasteiger partial charge in [-0.15, -0.1) is 0 Å². The zero-order valence-corrected chi connectivity index (χ0v) is 17.8. The molecule has 28 heavy (non-hydrogen) atoms. The summed E-state index contributed by atoms with van der Waals surface area (Å²) in [5.41, 5.74) is 2.39.